The second-order valence-electron chi connectivity index (χ2n) is 7.65. The van der Waals surface area contributed by atoms with Gasteiger partial charge in [0.1, 0.15) is 6.61 Å². The Labute approximate surface area is 160 Å². The van der Waals surface area contributed by atoms with Crippen LogP contribution in [0.2, 0.25) is 0 Å². The number of ether oxygens (including phenoxy) is 2. The molecule has 0 saturated heterocycles. The molecule has 1 atom stereocenters. The summed E-state index contributed by atoms with van der Waals surface area (Å²) in [5, 5.41) is 1.07. The minimum atomic E-state index is -0.416. The molecule has 0 aliphatic rings. The summed E-state index contributed by atoms with van der Waals surface area (Å²) in [4.78, 5) is 8.91. The van der Waals surface area contributed by atoms with E-state index in [1.54, 1.807) is 19.5 Å². The third-order valence-corrected chi connectivity index (χ3v) is 4.41. The van der Waals surface area contributed by atoms with Crippen LogP contribution in [-0.2, 0) is 0 Å². The summed E-state index contributed by atoms with van der Waals surface area (Å²) in [6.07, 6.45) is 4.48. The third kappa shape index (κ3) is 4.55. The molecule has 3 aromatic rings. The number of aromatic nitrogens is 2. The van der Waals surface area contributed by atoms with Gasteiger partial charge in [-0.25, -0.2) is 4.98 Å². The van der Waals surface area contributed by atoms with Crippen LogP contribution in [0.4, 0.5) is 0 Å². The van der Waals surface area contributed by atoms with Gasteiger partial charge in [0.15, 0.2) is 5.75 Å². The Balaban J connectivity index is 1.88. The van der Waals surface area contributed by atoms with E-state index in [0.717, 1.165) is 28.5 Å². The summed E-state index contributed by atoms with van der Waals surface area (Å²) < 4.78 is 11.4. The van der Waals surface area contributed by atoms with Gasteiger partial charge in [-0.3, -0.25) is 4.98 Å². The van der Waals surface area contributed by atoms with Gasteiger partial charge in [-0.05, 0) is 43.0 Å². The summed E-state index contributed by atoms with van der Waals surface area (Å²) in [6.45, 7) is 6.68. The van der Waals surface area contributed by atoms with E-state index in [0.29, 0.717) is 24.2 Å². The molecule has 3 rings (SSSR count). The van der Waals surface area contributed by atoms with Gasteiger partial charge in [0.25, 0.3) is 5.88 Å². The summed E-state index contributed by atoms with van der Waals surface area (Å²) in [6, 6.07) is 12.0. The van der Waals surface area contributed by atoms with Gasteiger partial charge in [0.05, 0.1) is 12.6 Å². The number of benzene rings is 1. The summed E-state index contributed by atoms with van der Waals surface area (Å²) >= 11 is 0. The minimum absolute atomic E-state index is 0.381. The number of hydrogen-bond donors (Lipinski definition) is 1. The van der Waals surface area contributed by atoms with Crippen molar-refractivity contribution < 1.29 is 9.47 Å². The molecule has 1 aromatic carbocycles. The zero-order valence-corrected chi connectivity index (χ0v) is 16.4. The van der Waals surface area contributed by atoms with Crippen molar-refractivity contribution >= 4 is 10.9 Å². The molecule has 142 valence electrons. The summed E-state index contributed by atoms with van der Waals surface area (Å²) in [7, 11) is 1.62. The molecule has 0 aliphatic carbocycles. The number of pyridine rings is 2. The van der Waals surface area contributed by atoms with E-state index in [1.807, 2.05) is 37.3 Å². The van der Waals surface area contributed by atoms with Crippen LogP contribution >= 0.6 is 0 Å². The number of rotatable bonds is 7. The number of hydrogen-bond acceptors (Lipinski definition) is 5. The van der Waals surface area contributed by atoms with Crippen LogP contribution in [0.3, 0.4) is 0 Å². The zero-order chi connectivity index (χ0) is 19.4. The summed E-state index contributed by atoms with van der Waals surface area (Å²) in [5.41, 5.74) is 8.88. The topological polar surface area (TPSA) is 70.3 Å². The van der Waals surface area contributed by atoms with E-state index in [4.69, 9.17) is 15.2 Å². The van der Waals surface area contributed by atoms with Gasteiger partial charge < -0.3 is 15.2 Å². The van der Waals surface area contributed by atoms with Crippen LogP contribution in [0.25, 0.3) is 22.0 Å². The molecular formula is C22H27N3O2. The number of nitrogens with zero attached hydrogens (tertiary/aromatic N) is 2. The van der Waals surface area contributed by atoms with Crippen molar-refractivity contribution in [3.8, 4) is 22.8 Å². The first-order chi connectivity index (χ1) is 12.9. The maximum atomic E-state index is 6.34. The van der Waals surface area contributed by atoms with Crippen molar-refractivity contribution in [1.82, 2.24) is 9.97 Å². The molecule has 0 saturated carbocycles. The second-order valence-corrected chi connectivity index (χ2v) is 7.65. The van der Waals surface area contributed by atoms with Gasteiger partial charge in [0, 0.05) is 28.9 Å². The van der Waals surface area contributed by atoms with Gasteiger partial charge in [0.2, 0.25) is 0 Å². The van der Waals surface area contributed by atoms with Gasteiger partial charge in [-0.1, -0.05) is 32.0 Å². The van der Waals surface area contributed by atoms with Crippen LogP contribution in [-0.4, -0.2) is 29.2 Å². The van der Waals surface area contributed by atoms with Crippen molar-refractivity contribution in [2.75, 3.05) is 13.7 Å². The fourth-order valence-corrected chi connectivity index (χ4v) is 3.41. The largest absolute Gasteiger partial charge is 0.491 e. The average molecular weight is 365 g/mol. The Morgan fingerprint density at radius 1 is 1.15 bits per heavy atom. The van der Waals surface area contributed by atoms with Crippen LogP contribution in [0.15, 0.2) is 48.8 Å². The third-order valence-electron chi connectivity index (χ3n) is 4.41. The lowest BCUT2D eigenvalue weighted by atomic mass is 9.93. The maximum Gasteiger partial charge on any atom is 0.257 e. The Kier molecular flexibility index (Phi) is 5.61. The van der Waals surface area contributed by atoms with Crippen LogP contribution in [0.1, 0.15) is 27.2 Å². The van der Waals surface area contributed by atoms with Crippen molar-refractivity contribution in [3.05, 3.63) is 48.8 Å². The molecule has 0 spiro atoms. The fourth-order valence-electron chi connectivity index (χ4n) is 3.41. The molecule has 0 amide bonds. The summed E-state index contributed by atoms with van der Waals surface area (Å²) in [5.74, 6) is 1.55. The number of fused-ring (bicyclic) bond motifs is 1. The molecule has 0 fully saturated rings. The Morgan fingerprint density at radius 3 is 2.67 bits per heavy atom. The van der Waals surface area contributed by atoms with Crippen molar-refractivity contribution in [2.45, 2.75) is 32.7 Å². The lowest BCUT2D eigenvalue weighted by molar-refractivity contribution is 0.194. The molecule has 5 heteroatoms. The first kappa shape index (κ1) is 19.1. The minimum Gasteiger partial charge on any atom is -0.491 e. The quantitative estimate of drug-likeness (QED) is 0.670. The molecule has 0 aliphatic heterocycles. The monoisotopic (exact) mass is 365 g/mol. The molecule has 2 heterocycles. The predicted molar refractivity (Wildman–Crippen MR) is 109 cm³/mol. The van der Waals surface area contributed by atoms with E-state index < -0.39 is 5.54 Å². The lowest BCUT2D eigenvalue weighted by Crippen LogP contribution is -2.43. The Bertz CT molecular complexity index is 917. The van der Waals surface area contributed by atoms with E-state index in [9.17, 15) is 0 Å². The highest BCUT2D eigenvalue weighted by Crippen LogP contribution is 2.33. The SMILES string of the molecule is COc1cc(-c2ccnc3ccccc23)cnc1OCC(C)(N)CC(C)C. The maximum absolute atomic E-state index is 6.34. The van der Waals surface area contributed by atoms with Crippen molar-refractivity contribution in [2.24, 2.45) is 11.7 Å². The van der Waals surface area contributed by atoms with E-state index in [1.165, 1.54) is 0 Å². The molecule has 27 heavy (non-hydrogen) atoms. The average Bonchev–Trinajstić information content (AvgIpc) is 2.65. The first-order valence-electron chi connectivity index (χ1n) is 9.19. The van der Waals surface area contributed by atoms with E-state index >= 15 is 0 Å². The number of methoxy groups -OCH3 is 1. The highest BCUT2D eigenvalue weighted by molar-refractivity contribution is 5.94. The smallest absolute Gasteiger partial charge is 0.257 e. The zero-order valence-electron chi connectivity index (χ0n) is 16.4. The standard InChI is InChI=1S/C22H27N3O2/c1-15(2)12-22(3,23)14-27-21-20(26-4)11-16(13-25-21)17-9-10-24-19-8-6-5-7-18(17)19/h5-11,13,15H,12,14,23H2,1-4H3. The van der Waals surface area contributed by atoms with Crippen LogP contribution in [0, 0.1) is 5.92 Å². The van der Waals surface area contributed by atoms with Gasteiger partial charge in [-0.2, -0.15) is 0 Å². The number of para-hydroxylation sites is 1. The molecule has 0 radical (unpaired) electrons. The second kappa shape index (κ2) is 7.92. The van der Waals surface area contributed by atoms with E-state index in [2.05, 4.69) is 29.9 Å². The Hall–Kier alpha value is -2.66. The van der Waals surface area contributed by atoms with Crippen LogP contribution in [0.5, 0.6) is 11.6 Å². The predicted octanol–water partition coefficient (Wildman–Crippen LogP) is 4.45. The molecule has 0 bridgehead atoms. The molecule has 1 unspecified atom stereocenters. The first-order valence-corrected chi connectivity index (χ1v) is 9.19. The van der Waals surface area contributed by atoms with Gasteiger partial charge in [-0.15, -0.1) is 0 Å². The molecule has 2 N–H and O–H groups in total. The molecule has 2 aromatic heterocycles. The fraction of sp³-hybridized carbons (Fsp3) is 0.364. The highest BCUT2D eigenvalue weighted by atomic mass is 16.5. The van der Waals surface area contributed by atoms with E-state index in [-0.39, 0.29) is 0 Å². The Morgan fingerprint density at radius 2 is 1.93 bits per heavy atom. The number of nitrogens with two attached hydrogens (primary N) is 1. The van der Waals surface area contributed by atoms with Gasteiger partial charge >= 0.3 is 0 Å². The van der Waals surface area contributed by atoms with Crippen LogP contribution < -0.4 is 15.2 Å². The normalized spacial score (nSPS) is 13.6. The van der Waals surface area contributed by atoms with Crippen molar-refractivity contribution in [3.63, 3.8) is 0 Å². The molecular weight excluding hydrogens is 338 g/mol. The molecule has 5 nitrogen and oxygen atoms in total. The highest BCUT2D eigenvalue weighted by Gasteiger charge is 2.22. The van der Waals surface area contributed by atoms with Crippen molar-refractivity contribution in [1.29, 1.82) is 0 Å². The lowest BCUT2D eigenvalue weighted by Gasteiger charge is -2.26.